The molecule has 0 aliphatic rings. The summed E-state index contributed by atoms with van der Waals surface area (Å²) in [6, 6.07) is 18.4. The van der Waals surface area contributed by atoms with E-state index in [2.05, 4.69) is 25.0 Å². The number of nitrogens with one attached hydrogen (secondary N) is 1. The monoisotopic (exact) mass is 567 g/mol. The van der Waals surface area contributed by atoms with Crippen LogP contribution >= 0.6 is 7.52 Å². The van der Waals surface area contributed by atoms with E-state index in [1.54, 1.807) is 30.3 Å². The third-order valence-corrected chi connectivity index (χ3v) is 8.45. The molecule has 1 unspecified atom stereocenters. The van der Waals surface area contributed by atoms with Gasteiger partial charge in [-0.05, 0) is 97.2 Å². The highest BCUT2D eigenvalue weighted by Crippen LogP contribution is 2.43. The van der Waals surface area contributed by atoms with E-state index in [-0.39, 0.29) is 24.9 Å². The maximum absolute atomic E-state index is 13.8. The quantitative estimate of drug-likeness (QED) is 0.153. The molecule has 0 amide bonds. The molecule has 216 valence electrons. The van der Waals surface area contributed by atoms with Gasteiger partial charge in [0.1, 0.15) is 29.9 Å². The summed E-state index contributed by atoms with van der Waals surface area (Å²) in [7, 11) is -3.63. The number of benzene rings is 3. The number of rotatable bonds is 14. The molecular weight excluding hydrogens is 525 g/mol. The number of phenols is 1. The van der Waals surface area contributed by atoms with Crippen molar-refractivity contribution in [3.63, 3.8) is 0 Å². The summed E-state index contributed by atoms with van der Waals surface area (Å²) in [5.74, 6) is 1.02. The van der Waals surface area contributed by atoms with Gasteiger partial charge in [0.05, 0.1) is 0 Å². The van der Waals surface area contributed by atoms with Gasteiger partial charge in [-0.3, -0.25) is 9.36 Å². The normalized spacial score (nSPS) is 12.8. The van der Waals surface area contributed by atoms with Gasteiger partial charge in [0.25, 0.3) is 0 Å². The number of esters is 1. The minimum atomic E-state index is -3.63. The van der Waals surface area contributed by atoms with Gasteiger partial charge in [-0.25, -0.2) is 5.09 Å². The van der Waals surface area contributed by atoms with Crippen LogP contribution in [0.15, 0.2) is 60.7 Å². The molecule has 1 atom stereocenters. The Morgan fingerprint density at radius 3 is 2.20 bits per heavy atom. The van der Waals surface area contributed by atoms with E-state index in [1.807, 2.05) is 52.0 Å². The van der Waals surface area contributed by atoms with E-state index >= 15 is 0 Å². The van der Waals surface area contributed by atoms with Crippen LogP contribution in [0.4, 0.5) is 0 Å². The summed E-state index contributed by atoms with van der Waals surface area (Å²) in [6.07, 6.45) is 1.69. The number of ether oxygens (including phenoxy) is 2. The second-order valence-electron chi connectivity index (χ2n) is 10.4. The molecule has 0 aliphatic carbocycles. The minimum Gasteiger partial charge on any atom is -0.508 e. The Bertz CT molecular complexity index is 1300. The fourth-order valence-electron chi connectivity index (χ4n) is 4.48. The first-order valence-electron chi connectivity index (χ1n) is 13.9. The van der Waals surface area contributed by atoms with E-state index in [0.29, 0.717) is 36.5 Å². The van der Waals surface area contributed by atoms with E-state index in [4.69, 9.17) is 14.0 Å². The number of carbonyl (C=O) groups excluding carboxylic acids is 1. The molecule has 0 spiro atoms. The Kier molecular flexibility index (Phi) is 11.2. The van der Waals surface area contributed by atoms with Gasteiger partial charge in [-0.1, -0.05) is 58.0 Å². The molecule has 0 aliphatic heterocycles. The largest absolute Gasteiger partial charge is 0.508 e. The lowest BCUT2D eigenvalue weighted by Crippen LogP contribution is -2.29. The maximum Gasteiger partial charge on any atom is 0.354 e. The van der Waals surface area contributed by atoms with E-state index in [9.17, 15) is 14.5 Å². The summed E-state index contributed by atoms with van der Waals surface area (Å²) in [6.45, 7) is 11.8. The van der Waals surface area contributed by atoms with Crippen molar-refractivity contribution in [1.82, 2.24) is 5.09 Å². The number of para-hydroxylation sites is 1. The Morgan fingerprint density at radius 1 is 0.950 bits per heavy atom. The molecule has 8 heteroatoms. The van der Waals surface area contributed by atoms with E-state index < -0.39 is 13.5 Å². The van der Waals surface area contributed by atoms with Crippen molar-refractivity contribution < 1.29 is 28.5 Å². The number of hydrogen-bond acceptors (Lipinski definition) is 6. The van der Waals surface area contributed by atoms with Crippen molar-refractivity contribution >= 4 is 13.5 Å². The van der Waals surface area contributed by atoms with Crippen LogP contribution in [-0.2, 0) is 20.5 Å². The van der Waals surface area contributed by atoms with Crippen LogP contribution in [0.2, 0.25) is 0 Å². The molecule has 0 bridgehead atoms. The Hall–Kier alpha value is -3.28. The van der Waals surface area contributed by atoms with Crippen molar-refractivity contribution in [3.8, 4) is 17.2 Å². The molecule has 7 nitrogen and oxygen atoms in total. The number of phenolic OH excluding ortho intramolecular Hbond substituents is 1. The molecule has 0 radical (unpaired) electrons. The van der Waals surface area contributed by atoms with Crippen molar-refractivity contribution in [3.05, 3.63) is 88.5 Å². The predicted molar refractivity (Wildman–Crippen MR) is 160 cm³/mol. The lowest BCUT2D eigenvalue weighted by atomic mass is 9.93. The Morgan fingerprint density at radius 2 is 1.60 bits per heavy atom. The zero-order valence-corrected chi connectivity index (χ0v) is 25.3. The molecule has 0 aromatic heterocycles. The molecule has 3 aromatic rings. The highest BCUT2D eigenvalue weighted by Gasteiger charge is 2.28. The molecule has 40 heavy (non-hydrogen) atoms. The lowest BCUT2D eigenvalue weighted by molar-refractivity contribution is -0.147. The fraction of sp³-hybridized carbons (Fsp3) is 0.406. The summed E-state index contributed by atoms with van der Waals surface area (Å²) in [5, 5.41) is 13.0. The van der Waals surface area contributed by atoms with E-state index in [1.165, 1.54) is 5.56 Å². The van der Waals surface area contributed by atoms with E-state index in [0.717, 1.165) is 22.3 Å². The molecular formula is C32H42NO6P. The maximum atomic E-state index is 13.8. The van der Waals surface area contributed by atoms with Crippen LogP contribution in [0.1, 0.15) is 74.3 Å². The first-order chi connectivity index (χ1) is 19.0. The zero-order valence-electron chi connectivity index (χ0n) is 24.4. The van der Waals surface area contributed by atoms with Crippen molar-refractivity contribution in [2.24, 2.45) is 0 Å². The van der Waals surface area contributed by atoms with Crippen molar-refractivity contribution in [2.75, 3.05) is 12.9 Å². The van der Waals surface area contributed by atoms with Gasteiger partial charge >= 0.3 is 13.5 Å². The highest BCUT2D eigenvalue weighted by atomic mass is 31.2. The van der Waals surface area contributed by atoms with Gasteiger partial charge in [0.2, 0.25) is 0 Å². The SMILES string of the molecule is CCC(CC)OC(=O)CNP(=O)(COc1cc(C)c(Cc2ccc(O)c(C(C)C)c2)c(C)c1)Oc1ccccc1. The third-order valence-electron chi connectivity index (χ3n) is 6.83. The zero-order chi connectivity index (χ0) is 29.3. The van der Waals surface area contributed by atoms with Gasteiger partial charge < -0.3 is 19.1 Å². The van der Waals surface area contributed by atoms with Crippen LogP contribution in [0.3, 0.4) is 0 Å². The standard InChI is InChI=1S/C32H42NO6P/c1-7-26(8-2)38-32(35)20-33-40(36,39-27-12-10-9-11-13-27)21-37-28-16-23(5)30(24(6)17-28)19-25-14-15-31(34)29(18-25)22(3)4/h9-18,22,26,34H,7-8,19-21H2,1-6H3,(H,33,36). The van der Waals surface area contributed by atoms with Crippen LogP contribution in [0.5, 0.6) is 17.2 Å². The van der Waals surface area contributed by atoms with Gasteiger partial charge in [0, 0.05) is 0 Å². The second-order valence-corrected chi connectivity index (χ2v) is 12.5. The molecule has 0 saturated carbocycles. The van der Waals surface area contributed by atoms with Gasteiger partial charge in [0.15, 0.2) is 6.35 Å². The second kappa shape index (κ2) is 14.4. The van der Waals surface area contributed by atoms with Gasteiger partial charge in [-0.2, -0.15) is 0 Å². The first kappa shape index (κ1) is 31.3. The van der Waals surface area contributed by atoms with Crippen LogP contribution in [0, 0.1) is 13.8 Å². The summed E-state index contributed by atoms with van der Waals surface area (Å²) in [5.41, 5.74) is 5.29. The van der Waals surface area contributed by atoms with Crippen molar-refractivity contribution in [2.45, 2.75) is 72.8 Å². The molecule has 2 N–H and O–H groups in total. The van der Waals surface area contributed by atoms with Crippen LogP contribution in [-0.4, -0.2) is 30.1 Å². The lowest BCUT2D eigenvalue weighted by Gasteiger charge is -2.22. The Labute approximate surface area is 238 Å². The number of carbonyl (C=O) groups is 1. The number of hydrogen-bond donors (Lipinski definition) is 2. The molecule has 0 fully saturated rings. The van der Waals surface area contributed by atoms with Gasteiger partial charge in [-0.15, -0.1) is 0 Å². The molecule has 3 rings (SSSR count). The number of aromatic hydroxyl groups is 1. The highest BCUT2D eigenvalue weighted by molar-refractivity contribution is 7.57. The molecule has 0 saturated heterocycles. The smallest absolute Gasteiger partial charge is 0.354 e. The summed E-state index contributed by atoms with van der Waals surface area (Å²) in [4.78, 5) is 12.4. The third kappa shape index (κ3) is 8.87. The average Bonchev–Trinajstić information content (AvgIpc) is 2.93. The summed E-state index contributed by atoms with van der Waals surface area (Å²) >= 11 is 0. The van der Waals surface area contributed by atoms with Crippen molar-refractivity contribution in [1.29, 1.82) is 0 Å². The average molecular weight is 568 g/mol. The molecule has 0 heterocycles. The first-order valence-corrected chi connectivity index (χ1v) is 15.7. The van der Waals surface area contributed by atoms with Crippen LogP contribution < -0.4 is 14.3 Å². The number of aryl methyl sites for hydroxylation is 2. The predicted octanol–water partition coefficient (Wildman–Crippen LogP) is 7.65. The fourth-order valence-corrected chi connectivity index (χ4v) is 5.84. The van der Waals surface area contributed by atoms with Crippen LogP contribution in [0.25, 0.3) is 0 Å². The Balaban J connectivity index is 1.75. The topological polar surface area (TPSA) is 94.1 Å². The molecule has 3 aromatic carbocycles. The summed E-state index contributed by atoms with van der Waals surface area (Å²) < 4.78 is 31.1. The minimum absolute atomic E-state index is 0.178.